The molecule has 5 rings (SSSR count). The molecule has 3 aromatic rings. The smallest absolute Gasteiger partial charge is 0.405 e. The molecule has 3 heterocycles. The lowest BCUT2D eigenvalue weighted by Crippen LogP contribution is -2.65. The highest BCUT2D eigenvalue weighted by molar-refractivity contribution is 6.32. The van der Waals surface area contributed by atoms with Crippen LogP contribution in [0.3, 0.4) is 0 Å². The zero-order chi connectivity index (χ0) is 25.5. The molecule has 2 aliphatic rings. The number of amides is 1. The Hall–Kier alpha value is -3.34. The Morgan fingerprint density at radius 2 is 1.94 bits per heavy atom. The zero-order valence-corrected chi connectivity index (χ0v) is 21.0. The first-order chi connectivity index (χ1) is 17.2. The number of benzene rings is 2. The average Bonchev–Trinajstić information content (AvgIpc) is 3.48. The number of hydrogen-bond acceptors (Lipinski definition) is 8. The minimum Gasteiger partial charge on any atom is -0.495 e. The van der Waals surface area contributed by atoms with Crippen molar-refractivity contribution in [3.05, 3.63) is 47.0 Å². The predicted molar refractivity (Wildman–Crippen MR) is 133 cm³/mol. The largest absolute Gasteiger partial charge is 0.495 e. The van der Waals surface area contributed by atoms with Gasteiger partial charge in [-0.1, -0.05) is 16.8 Å². The second kappa shape index (κ2) is 9.27. The lowest BCUT2D eigenvalue weighted by Gasteiger charge is -2.45. The third-order valence-electron chi connectivity index (χ3n) is 6.41. The van der Waals surface area contributed by atoms with Gasteiger partial charge in [-0.25, -0.2) is 4.79 Å². The Morgan fingerprint density at radius 1 is 1.19 bits per heavy atom. The highest BCUT2D eigenvalue weighted by Crippen LogP contribution is 2.35. The van der Waals surface area contributed by atoms with E-state index in [4.69, 9.17) is 30.3 Å². The van der Waals surface area contributed by atoms with Crippen molar-refractivity contribution in [1.82, 2.24) is 15.5 Å². The third-order valence-corrected chi connectivity index (χ3v) is 6.71. The van der Waals surface area contributed by atoms with Gasteiger partial charge in [0.2, 0.25) is 5.82 Å². The van der Waals surface area contributed by atoms with Crippen LogP contribution >= 0.6 is 11.6 Å². The summed E-state index contributed by atoms with van der Waals surface area (Å²) in [7, 11) is 1.56. The highest BCUT2D eigenvalue weighted by Gasteiger charge is 2.43. The summed E-state index contributed by atoms with van der Waals surface area (Å²) in [4.78, 5) is 18.2. The normalized spacial score (nSPS) is 18.1. The van der Waals surface area contributed by atoms with Crippen LogP contribution in [0.2, 0.25) is 5.02 Å². The van der Waals surface area contributed by atoms with Gasteiger partial charge < -0.3 is 34.1 Å². The molecule has 2 aromatic carbocycles. The van der Waals surface area contributed by atoms with Gasteiger partial charge in [-0.2, -0.15) is 4.98 Å². The number of ether oxygens (including phenoxy) is 3. The molecule has 0 atom stereocenters. The summed E-state index contributed by atoms with van der Waals surface area (Å²) in [5, 5.41) is 16.7. The SMILES string of the molecule is COc1ccc(-c2nc(-c3ccc4c(c3)CCN4CC3(NC(=O)O)COC(C)(C)OC3)no2)cc1Cl. The van der Waals surface area contributed by atoms with Crippen molar-refractivity contribution in [1.29, 1.82) is 0 Å². The van der Waals surface area contributed by atoms with Gasteiger partial charge in [0.05, 0.1) is 25.3 Å². The maximum atomic E-state index is 11.5. The summed E-state index contributed by atoms with van der Waals surface area (Å²) in [6, 6.07) is 11.3. The molecular weight excluding hydrogens is 488 g/mol. The summed E-state index contributed by atoms with van der Waals surface area (Å²) < 4.78 is 22.3. The zero-order valence-electron chi connectivity index (χ0n) is 20.2. The Kier molecular flexibility index (Phi) is 6.27. The quantitative estimate of drug-likeness (QED) is 0.498. The van der Waals surface area contributed by atoms with Crippen molar-refractivity contribution in [2.75, 3.05) is 38.3 Å². The van der Waals surface area contributed by atoms with Crippen LogP contribution in [-0.4, -0.2) is 66.1 Å². The van der Waals surface area contributed by atoms with Crippen LogP contribution in [0.5, 0.6) is 5.75 Å². The first kappa shape index (κ1) is 24.4. The number of halogens is 1. The molecule has 2 aliphatic heterocycles. The first-order valence-electron chi connectivity index (χ1n) is 11.5. The fourth-order valence-corrected chi connectivity index (χ4v) is 4.79. The number of anilines is 1. The fraction of sp³-hybridized carbons (Fsp3) is 0.400. The standard InChI is InChI=1S/C25H27ClN4O6/c1-24(2)34-13-25(14-35-24,28-23(31)32)12-30-9-8-15-10-16(4-6-19(15)30)21-27-22(36-29-21)17-5-7-20(33-3)18(26)11-17/h4-7,10-11,28H,8-9,12-14H2,1-3H3,(H,31,32). The monoisotopic (exact) mass is 514 g/mol. The molecule has 10 nitrogen and oxygen atoms in total. The van der Waals surface area contributed by atoms with Crippen molar-refractivity contribution in [2.45, 2.75) is 31.6 Å². The van der Waals surface area contributed by atoms with Crippen molar-refractivity contribution < 1.29 is 28.6 Å². The molecule has 1 aromatic heterocycles. The number of aromatic nitrogens is 2. The van der Waals surface area contributed by atoms with Gasteiger partial charge in [0.15, 0.2) is 5.79 Å². The summed E-state index contributed by atoms with van der Waals surface area (Å²) in [6.45, 7) is 5.24. The molecule has 0 aliphatic carbocycles. The topological polar surface area (TPSA) is 119 Å². The Balaban J connectivity index is 1.35. The van der Waals surface area contributed by atoms with Crippen LogP contribution in [-0.2, 0) is 15.9 Å². The molecule has 0 bridgehead atoms. The summed E-state index contributed by atoms with van der Waals surface area (Å²) in [5.74, 6) is 0.651. The van der Waals surface area contributed by atoms with Crippen LogP contribution in [0.4, 0.5) is 10.5 Å². The van der Waals surface area contributed by atoms with Crippen LogP contribution in [0.15, 0.2) is 40.9 Å². The van der Waals surface area contributed by atoms with E-state index < -0.39 is 17.4 Å². The number of carboxylic acid groups (broad SMARTS) is 1. The highest BCUT2D eigenvalue weighted by atomic mass is 35.5. The molecule has 0 unspecified atom stereocenters. The van der Waals surface area contributed by atoms with Gasteiger partial charge in [0, 0.05) is 29.9 Å². The Bertz CT molecular complexity index is 1280. The lowest BCUT2D eigenvalue weighted by atomic mass is 9.99. The van der Waals surface area contributed by atoms with Crippen molar-refractivity contribution in [2.24, 2.45) is 0 Å². The van der Waals surface area contributed by atoms with E-state index in [9.17, 15) is 9.90 Å². The molecule has 36 heavy (non-hydrogen) atoms. The molecule has 1 amide bonds. The molecule has 1 fully saturated rings. The van der Waals surface area contributed by atoms with E-state index >= 15 is 0 Å². The maximum Gasteiger partial charge on any atom is 0.405 e. The van der Waals surface area contributed by atoms with Gasteiger partial charge in [0.1, 0.15) is 11.3 Å². The van der Waals surface area contributed by atoms with Crippen molar-refractivity contribution in [3.63, 3.8) is 0 Å². The minimum atomic E-state index is -1.11. The predicted octanol–water partition coefficient (Wildman–Crippen LogP) is 4.22. The molecule has 0 radical (unpaired) electrons. The van der Waals surface area contributed by atoms with E-state index in [1.54, 1.807) is 19.2 Å². The number of hydrogen-bond donors (Lipinski definition) is 2. The number of nitrogens with one attached hydrogen (secondary N) is 1. The van der Waals surface area contributed by atoms with E-state index in [1.165, 1.54) is 0 Å². The Labute approximate surface area is 213 Å². The molecule has 11 heteroatoms. The van der Waals surface area contributed by atoms with E-state index in [1.807, 2.05) is 38.1 Å². The number of rotatable bonds is 6. The molecule has 1 saturated heterocycles. The van der Waals surface area contributed by atoms with Crippen LogP contribution in [0.1, 0.15) is 19.4 Å². The van der Waals surface area contributed by atoms with Gasteiger partial charge >= 0.3 is 6.09 Å². The summed E-state index contributed by atoms with van der Waals surface area (Å²) in [5.41, 5.74) is 2.80. The van der Waals surface area contributed by atoms with Crippen LogP contribution < -0.4 is 15.0 Å². The maximum absolute atomic E-state index is 11.5. The Morgan fingerprint density at radius 3 is 2.64 bits per heavy atom. The second-order valence-corrected chi connectivity index (χ2v) is 9.88. The average molecular weight is 515 g/mol. The number of nitrogens with zero attached hydrogens (tertiary/aromatic N) is 3. The fourth-order valence-electron chi connectivity index (χ4n) is 4.53. The number of fused-ring (bicyclic) bond motifs is 1. The molecule has 0 spiro atoms. The van der Waals surface area contributed by atoms with E-state index in [0.29, 0.717) is 34.6 Å². The van der Waals surface area contributed by atoms with E-state index in [2.05, 4.69) is 20.4 Å². The summed E-state index contributed by atoms with van der Waals surface area (Å²) >= 11 is 6.23. The van der Waals surface area contributed by atoms with Crippen molar-refractivity contribution >= 4 is 23.4 Å². The molecule has 2 N–H and O–H groups in total. The van der Waals surface area contributed by atoms with Gasteiger partial charge in [0.25, 0.3) is 5.89 Å². The number of methoxy groups -OCH3 is 1. The molecule has 0 saturated carbocycles. The van der Waals surface area contributed by atoms with Crippen molar-refractivity contribution in [3.8, 4) is 28.6 Å². The molecule has 190 valence electrons. The van der Waals surface area contributed by atoms with Gasteiger partial charge in [-0.3, -0.25) is 0 Å². The lowest BCUT2D eigenvalue weighted by molar-refractivity contribution is -0.268. The van der Waals surface area contributed by atoms with E-state index in [-0.39, 0.29) is 13.2 Å². The van der Waals surface area contributed by atoms with Gasteiger partial charge in [-0.15, -0.1) is 0 Å². The van der Waals surface area contributed by atoms with E-state index in [0.717, 1.165) is 29.8 Å². The summed E-state index contributed by atoms with van der Waals surface area (Å²) in [6.07, 6.45) is -0.305. The minimum absolute atomic E-state index is 0.219. The number of carbonyl (C=O) groups is 1. The first-order valence-corrected chi connectivity index (χ1v) is 11.9. The second-order valence-electron chi connectivity index (χ2n) is 9.48. The van der Waals surface area contributed by atoms with Crippen LogP contribution in [0, 0.1) is 0 Å². The third kappa shape index (κ3) is 4.84. The van der Waals surface area contributed by atoms with Crippen LogP contribution in [0.25, 0.3) is 22.8 Å². The molecular formula is C25H27ClN4O6. The van der Waals surface area contributed by atoms with Gasteiger partial charge in [-0.05, 0) is 62.2 Å².